The van der Waals surface area contributed by atoms with Gasteiger partial charge in [-0.3, -0.25) is 9.59 Å². The first kappa shape index (κ1) is 20.7. The topological polar surface area (TPSA) is 88.1 Å². The fraction of sp³-hybridized carbons (Fsp3) is 0.364. The van der Waals surface area contributed by atoms with Crippen LogP contribution in [-0.4, -0.2) is 59.3 Å². The van der Waals surface area contributed by atoms with E-state index in [9.17, 15) is 14.7 Å². The summed E-state index contributed by atoms with van der Waals surface area (Å²) in [5, 5.41) is 13.1. The van der Waals surface area contributed by atoms with E-state index in [-0.39, 0.29) is 24.9 Å². The predicted octanol–water partition coefficient (Wildman–Crippen LogP) is 1.61. The summed E-state index contributed by atoms with van der Waals surface area (Å²) in [6.07, 6.45) is -2.27. The zero-order chi connectivity index (χ0) is 20.8. The van der Waals surface area contributed by atoms with E-state index in [0.717, 1.165) is 0 Å². The Hall–Kier alpha value is -3.06. The molecule has 7 heteroatoms. The van der Waals surface area contributed by atoms with Crippen molar-refractivity contribution in [1.82, 2.24) is 10.2 Å². The standard InChI is InChI=1S/C22H26N2O5/c1-15(28-17-9-5-3-6-10-17)21(26)23-19-13-24(14-20(19)25)22(27)16(2)29-18-11-7-4-8-12-18/h3-12,15-16,19-20,25H,13-14H2,1-2H3,(H,23,26)/t15?,16?,19-,20-/m1/s1. The first-order chi connectivity index (χ1) is 13.9. The second-order valence-corrected chi connectivity index (χ2v) is 7.07. The van der Waals surface area contributed by atoms with Crippen molar-refractivity contribution in [3.05, 3.63) is 60.7 Å². The van der Waals surface area contributed by atoms with Gasteiger partial charge in [-0.2, -0.15) is 0 Å². The summed E-state index contributed by atoms with van der Waals surface area (Å²) in [6, 6.07) is 17.6. The second-order valence-electron chi connectivity index (χ2n) is 7.07. The lowest BCUT2D eigenvalue weighted by molar-refractivity contribution is -0.137. The minimum Gasteiger partial charge on any atom is -0.481 e. The SMILES string of the molecule is CC(Oc1ccccc1)C(=O)N[C@@H]1CN(C(=O)C(C)Oc2ccccc2)C[C@H]1O. The van der Waals surface area contributed by atoms with Crippen LogP contribution in [-0.2, 0) is 9.59 Å². The van der Waals surface area contributed by atoms with Crippen LogP contribution in [0.2, 0.25) is 0 Å². The number of rotatable bonds is 7. The van der Waals surface area contributed by atoms with E-state index in [1.807, 2.05) is 36.4 Å². The van der Waals surface area contributed by atoms with Crippen LogP contribution in [0.15, 0.2) is 60.7 Å². The van der Waals surface area contributed by atoms with Crippen LogP contribution in [0.4, 0.5) is 0 Å². The number of carbonyl (C=O) groups is 2. The molecule has 2 unspecified atom stereocenters. The third kappa shape index (κ3) is 5.48. The van der Waals surface area contributed by atoms with E-state index in [1.54, 1.807) is 38.1 Å². The molecule has 0 saturated carbocycles. The van der Waals surface area contributed by atoms with Gasteiger partial charge < -0.3 is 24.8 Å². The van der Waals surface area contributed by atoms with Crippen molar-refractivity contribution in [1.29, 1.82) is 0 Å². The van der Waals surface area contributed by atoms with Gasteiger partial charge in [0.25, 0.3) is 11.8 Å². The number of para-hydroxylation sites is 2. The molecular weight excluding hydrogens is 372 g/mol. The summed E-state index contributed by atoms with van der Waals surface area (Å²) in [7, 11) is 0. The highest BCUT2D eigenvalue weighted by atomic mass is 16.5. The third-order valence-electron chi connectivity index (χ3n) is 4.76. The molecule has 1 saturated heterocycles. The number of hydrogen-bond acceptors (Lipinski definition) is 5. The number of benzene rings is 2. The average Bonchev–Trinajstić information content (AvgIpc) is 3.09. The highest BCUT2D eigenvalue weighted by molar-refractivity contribution is 5.83. The van der Waals surface area contributed by atoms with Gasteiger partial charge in [0.05, 0.1) is 12.1 Å². The van der Waals surface area contributed by atoms with E-state index >= 15 is 0 Å². The summed E-state index contributed by atoms with van der Waals surface area (Å²) in [4.78, 5) is 26.6. The van der Waals surface area contributed by atoms with Gasteiger partial charge in [0.1, 0.15) is 11.5 Å². The number of hydrogen-bond donors (Lipinski definition) is 2. The molecule has 2 aromatic rings. The molecule has 7 nitrogen and oxygen atoms in total. The van der Waals surface area contributed by atoms with Crippen LogP contribution < -0.4 is 14.8 Å². The van der Waals surface area contributed by atoms with E-state index in [0.29, 0.717) is 11.5 Å². The number of β-amino-alcohol motifs (C(OH)–C–C–N with tert-alkyl or cyclic N) is 1. The smallest absolute Gasteiger partial charge is 0.263 e. The number of likely N-dealkylation sites (tertiary alicyclic amines) is 1. The Morgan fingerprint density at radius 1 is 0.931 bits per heavy atom. The number of nitrogens with zero attached hydrogens (tertiary/aromatic N) is 1. The number of carbonyl (C=O) groups excluding carboxylic acids is 2. The van der Waals surface area contributed by atoms with Crippen molar-refractivity contribution in [2.75, 3.05) is 13.1 Å². The van der Waals surface area contributed by atoms with Gasteiger partial charge in [-0.1, -0.05) is 36.4 Å². The molecule has 0 bridgehead atoms. The molecule has 29 heavy (non-hydrogen) atoms. The molecule has 0 aliphatic carbocycles. The molecule has 154 valence electrons. The van der Waals surface area contributed by atoms with Crippen LogP contribution in [0.5, 0.6) is 11.5 Å². The second kappa shape index (κ2) is 9.43. The van der Waals surface area contributed by atoms with Gasteiger partial charge in [-0.25, -0.2) is 0 Å². The molecule has 2 N–H and O–H groups in total. The maximum atomic E-state index is 12.7. The normalized spacial score (nSPS) is 20.6. The number of aliphatic hydroxyl groups is 1. The molecule has 2 amide bonds. The molecule has 0 aromatic heterocycles. The van der Waals surface area contributed by atoms with Crippen LogP contribution in [0.3, 0.4) is 0 Å². The molecule has 1 aliphatic heterocycles. The highest BCUT2D eigenvalue weighted by Crippen LogP contribution is 2.17. The van der Waals surface area contributed by atoms with Crippen molar-refractivity contribution < 1.29 is 24.2 Å². The van der Waals surface area contributed by atoms with E-state index < -0.39 is 24.4 Å². The molecule has 2 aromatic carbocycles. The maximum absolute atomic E-state index is 12.7. The lowest BCUT2D eigenvalue weighted by Gasteiger charge is -2.22. The predicted molar refractivity (Wildman–Crippen MR) is 108 cm³/mol. The maximum Gasteiger partial charge on any atom is 0.263 e. The fourth-order valence-electron chi connectivity index (χ4n) is 3.18. The number of aliphatic hydroxyl groups excluding tert-OH is 1. The first-order valence-corrected chi connectivity index (χ1v) is 9.64. The van der Waals surface area contributed by atoms with Crippen LogP contribution in [0.25, 0.3) is 0 Å². The lowest BCUT2D eigenvalue weighted by Crippen LogP contribution is -2.48. The van der Waals surface area contributed by atoms with Gasteiger partial charge in [0, 0.05) is 13.1 Å². The summed E-state index contributed by atoms with van der Waals surface area (Å²) < 4.78 is 11.3. The minimum atomic E-state index is -0.851. The number of ether oxygens (including phenoxy) is 2. The molecule has 1 heterocycles. The van der Waals surface area contributed by atoms with Crippen molar-refractivity contribution in [3.63, 3.8) is 0 Å². The van der Waals surface area contributed by atoms with Gasteiger partial charge in [0.15, 0.2) is 12.2 Å². The minimum absolute atomic E-state index is 0.139. The van der Waals surface area contributed by atoms with E-state index in [1.165, 1.54) is 4.90 Å². The van der Waals surface area contributed by atoms with E-state index in [4.69, 9.17) is 9.47 Å². The Bertz CT molecular complexity index is 814. The van der Waals surface area contributed by atoms with Crippen molar-refractivity contribution >= 4 is 11.8 Å². The molecule has 0 radical (unpaired) electrons. The van der Waals surface area contributed by atoms with Crippen LogP contribution in [0.1, 0.15) is 13.8 Å². The zero-order valence-electron chi connectivity index (χ0n) is 16.5. The quantitative estimate of drug-likeness (QED) is 0.740. The van der Waals surface area contributed by atoms with Crippen molar-refractivity contribution in [3.8, 4) is 11.5 Å². The molecule has 4 atom stereocenters. The van der Waals surface area contributed by atoms with Gasteiger partial charge >= 0.3 is 0 Å². The van der Waals surface area contributed by atoms with Gasteiger partial charge in [-0.05, 0) is 38.1 Å². The highest BCUT2D eigenvalue weighted by Gasteiger charge is 2.37. The fourth-order valence-corrected chi connectivity index (χ4v) is 3.18. The Balaban J connectivity index is 1.52. The van der Waals surface area contributed by atoms with Crippen LogP contribution in [0, 0.1) is 0 Å². The summed E-state index contributed by atoms with van der Waals surface area (Å²) >= 11 is 0. The Morgan fingerprint density at radius 3 is 2.00 bits per heavy atom. The molecular formula is C22H26N2O5. The monoisotopic (exact) mass is 398 g/mol. The molecule has 1 aliphatic rings. The average molecular weight is 398 g/mol. The Kier molecular flexibility index (Phi) is 6.72. The van der Waals surface area contributed by atoms with Gasteiger partial charge in [-0.15, -0.1) is 0 Å². The van der Waals surface area contributed by atoms with Crippen molar-refractivity contribution in [2.45, 2.75) is 38.2 Å². The Labute approximate surface area is 170 Å². The van der Waals surface area contributed by atoms with Gasteiger partial charge in [0.2, 0.25) is 0 Å². The van der Waals surface area contributed by atoms with E-state index in [2.05, 4.69) is 5.32 Å². The lowest BCUT2D eigenvalue weighted by atomic mass is 10.2. The molecule has 0 spiro atoms. The summed E-state index contributed by atoms with van der Waals surface area (Å²) in [6.45, 7) is 3.66. The number of amides is 2. The Morgan fingerprint density at radius 2 is 1.45 bits per heavy atom. The summed E-state index contributed by atoms with van der Waals surface area (Å²) in [5.41, 5.74) is 0. The zero-order valence-corrected chi connectivity index (χ0v) is 16.5. The number of nitrogens with one attached hydrogen (secondary N) is 1. The third-order valence-corrected chi connectivity index (χ3v) is 4.76. The molecule has 1 fully saturated rings. The first-order valence-electron chi connectivity index (χ1n) is 9.64. The van der Waals surface area contributed by atoms with Crippen LogP contribution >= 0.6 is 0 Å². The summed E-state index contributed by atoms with van der Waals surface area (Å²) in [5.74, 6) is 0.606. The largest absolute Gasteiger partial charge is 0.481 e. The molecule has 3 rings (SSSR count). The van der Waals surface area contributed by atoms with Crippen molar-refractivity contribution in [2.24, 2.45) is 0 Å².